The van der Waals surface area contributed by atoms with Crippen molar-refractivity contribution in [2.75, 3.05) is 18.0 Å². The van der Waals surface area contributed by atoms with Gasteiger partial charge >= 0.3 is 10.1 Å². The lowest BCUT2D eigenvalue weighted by Crippen LogP contribution is -2.34. The van der Waals surface area contributed by atoms with Crippen molar-refractivity contribution >= 4 is 38.9 Å². The van der Waals surface area contributed by atoms with Crippen molar-refractivity contribution in [2.45, 2.75) is 38.1 Å². The van der Waals surface area contributed by atoms with E-state index in [1.165, 1.54) is 6.20 Å². The first kappa shape index (κ1) is 22.6. The van der Waals surface area contributed by atoms with E-state index in [9.17, 15) is 13.0 Å². The van der Waals surface area contributed by atoms with Crippen LogP contribution in [0, 0.1) is 12.3 Å². The number of furan rings is 1. The summed E-state index contributed by atoms with van der Waals surface area (Å²) in [4.78, 5) is 2.07. The van der Waals surface area contributed by atoms with E-state index in [1.54, 1.807) is 29.0 Å². The molecule has 2 aromatic heterocycles. The van der Waals surface area contributed by atoms with Crippen molar-refractivity contribution in [2.24, 2.45) is 0 Å². The maximum absolute atomic E-state index is 11.9. The Bertz CT molecular complexity index is 1230. The molecule has 2 heterocycles. The molecule has 0 saturated heterocycles. The van der Waals surface area contributed by atoms with Crippen LogP contribution in [0.5, 0.6) is 0 Å². The van der Waals surface area contributed by atoms with Gasteiger partial charge in [-0.3, -0.25) is 4.55 Å². The van der Waals surface area contributed by atoms with Gasteiger partial charge in [-0.05, 0) is 44.2 Å². The average Bonchev–Trinajstić information content (AvgIpc) is 3.15. The van der Waals surface area contributed by atoms with E-state index in [-0.39, 0.29) is 4.90 Å². The van der Waals surface area contributed by atoms with E-state index >= 15 is 0 Å². The number of hydrogen-bond donors (Lipinski definition) is 1. The minimum Gasteiger partial charge on any atom is -0.457 e. The van der Waals surface area contributed by atoms with Crippen molar-refractivity contribution in [3.63, 3.8) is 0 Å². The molecule has 0 atom stereocenters. The average molecular weight is 440 g/mol. The first-order valence-corrected chi connectivity index (χ1v) is 11.7. The second-order valence-electron chi connectivity index (χ2n) is 7.16. The summed E-state index contributed by atoms with van der Waals surface area (Å²) < 4.78 is 41.1. The molecule has 3 aromatic rings. The van der Waals surface area contributed by atoms with Crippen LogP contribution in [0.1, 0.15) is 38.0 Å². The number of aryl methyl sites for hydroxylation is 1. The lowest BCUT2D eigenvalue weighted by atomic mass is 10.2. The molecule has 31 heavy (non-hydrogen) atoms. The van der Waals surface area contributed by atoms with Crippen LogP contribution >= 0.6 is 0 Å². The van der Waals surface area contributed by atoms with Crippen molar-refractivity contribution < 1.29 is 22.0 Å². The summed E-state index contributed by atoms with van der Waals surface area (Å²) in [7, 11) is -4.39. The quantitative estimate of drug-likeness (QED) is 0.232. The number of benzene rings is 1. The fourth-order valence-electron chi connectivity index (χ4n) is 3.46. The van der Waals surface area contributed by atoms with E-state index in [0.29, 0.717) is 24.3 Å². The summed E-state index contributed by atoms with van der Waals surface area (Å²) in [6, 6.07) is 9.62. The summed E-state index contributed by atoms with van der Waals surface area (Å²) in [6.45, 7) is 6.59. The van der Waals surface area contributed by atoms with Crippen molar-refractivity contribution in [1.82, 2.24) is 0 Å². The molecular weight excluding hydrogens is 412 g/mol. The van der Waals surface area contributed by atoms with E-state index in [4.69, 9.17) is 10.8 Å². The van der Waals surface area contributed by atoms with Crippen LogP contribution in [-0.2, 0) is 16.7 Å². The molecule has 0 bridgehead atoms. The van der Waals surface area contributed by atoms with Gasteiger partial charge in [-0.25, -0.2) is 4.57 Å². The maximum Gasteiger partial charge on any atom is 0.301 e. The zero-order valence-electron chi connectivity index (χ0n) is 17.8. The molecule has 3 rings (SSSR count). The molecule has 0 radical (unpaired) electrons. The van der Waals surface area contributed by atoms with Gasteiger partial charge in [-0.1, -0.05) is 0 Å². The lowest BCUT2D eigenvalue weighted by Gasteiger charge is -2.20. The molecule has 7 heteroatoms. The second-order valence-corrected chi connectivity index (χ2v) is 8.55. The Morgan fingerprint density at radius 3 is 2.65 bits per heavy atom. The van der Waals surface area contributed by atoms with Gasteiger partial charge in [-0.15, -0.1) is 12.3 Å². The standard InChI is InChI=1S/C24H26N2O4S/c1-4-7-8-14-25-15-13-19(24(18-25)31(27,28)29)10-12-22-16-20-9-11-21(17-23(20)30-22)26(5-2)6-3/h1,9-13,15-18H,5-8,14H2,2-3H3/p+1. The Morgan fingerprint density at radius 2 is 1.97 bits per heavy atom. The Balaban J connectivity index is 1.90. The third-order valence-corrected chi connectivity index (χ3v) is 6.00. The third kappa shape index (κ3) is 5.54. The number of fused-ring (bicyclic) bond motifs is 1. The molecule has 0 fully saturated rings. The van der Waals surface area contributed by atoms with Crippen LogP contribution in [0.15, 0.2) is 52.0 Å². The van der Waals surface area contributed by atoms with Gasteiger partial charge in [-0.2, -0.15) is 8.42 Å². The number of rotatable bonds is 9. The summed E-state index contributed by atoms with van der Waals surface area (Å²) >= 11 is 0. The minimum absolute atomic E-state index is 0.160. The number of anilines is 1. The molecule has 0 aliphatic rings. The summed E-state index contributed by atoms with van der Waals surface area (Å²) in [6.07, 6.45) is 13.1. The zero-order valence-corrected chi connectivity index (χ0v) is 18.6. The van der Waals surface area contributed by atoms with Crippen LogP contribution in [0.2, 0.25) is 0 Å². The summed E-state index contributed by atoms with van der Waals surface area (Å²) in [5.41, 5.74) is 2.23. The predicted molar refractivity (Wildman–Crippen MR) is 123 cm³/mol. The molecule has 0 aliphatic carbocycles. The first-order valence-electron chi connectivity index (χ1n) is 10.3. The molecule has 6 nitrogen and oxygen atoms in total. The molecule has 0 amide bonds. The highest BCUT2D eigenvalue weighted by atomic mass is 32.2. The van der Waals surface area contributed by atoms with Gasteiger partial charge in [0.2, 0.25) is 0 Å². The van der Waals surface area contributed by atoms with E-state index in [0.717, 1.165) is 36.2 Å². The Morgan fingerprint density at radius 1 is 1.19 bits per heavy atom. The normalized spacial score (nSPS) is 11.8. The zero-order chi connectivity index (χ0) is 22.4. The Kier molecular flexibility index (Phi) is 7.16. The van der Waals surface area contributed by atoms with Crippen LogP contribution in [0.3, 0.4) is 0 Å². The van der Waals surface area contributed by atoms with Crippen molar-refractivity contribution in [3.05, 3.63) is 54.0 Å². The molecule has 0 unspecified atom stereocenters. The summed E-state index contributed by atoms with van der Waals surface area (Å²) in [5.74, 6) is 3.15. The monoisotopic (exact) mass is 439 g/mol. The van der Waals surface area contributed by atoms with Gasteiger partial charge < -0.3 is 9.32 Å². The first-order chi connectivity index (χ1) is 14.9. The smallest absolute Gasteiger partial charge is 0.301 e. The lowest BCUT2D eigenvalue weighted by molar-refractivity contribution is -0.699. The van der Waals surface area contributed by atoms with Gasteiger partial charge in [0.05, 0.1) is 0 Å². The highest BCUT2D eigenvalue weighted by molar-refractivity contribution is 7.85. The molecule has 1 aromatic carbocycles. The van der Waals surface area contributed by atoms with Gasteiger partial charge in [0, 0.05) is 54.7 Å². The highest BCUT2D eigenvalue weighted by Crippen LogP contribution is 2.26. The van der Waals surface area contributed by atoms with Crippen LogP contribution in [-0.4, -0.2) is 26.1 Å². The van der Waals surface area contributed by atoms with Crippen molar-refractivity contribution in [1.29, 1.82) is 0 Å². The molecule has 0 aliphatic heterocycles. The van der Waals surface area contributed by atoms with Gasteiger partial charge in [0.25, 0.3) is 0 Å². The van der Waals surface area contributed by atoms with Gasteiger partial charge in [0.15, 0.2) is 17.3 Å². The van der Waals surface area contributed by atoms with Crippen LogP contribution < -0.4 is 9.47 Å². The molecule has 0 spiro atoms. The summed E-state index contributed by atoms with van der Waals surface area (Å²) in [5, 5.41) is 0.963. The fourth-order valence-corrected chi connectivity index (χ4v) is 4.16. The maximum atomic E-state index is 11.9. The van der Waals surface area contributed by atoms with Gasteiger partial charge in [0.1, 0.15) is 17.9 Å². The predicted octanol–water partition coefficient (Wildman–Crippen LogP) is 4.40. The number of unbranched alkanes of at least 4 members (excludes halogenated alkanes) is 1. The fraction of sp³-hybridized carbons (Fsp3) is 0.292. The molecule has 1 N–H and O–H groups in total. The second kappa shape index (κ2) is 9.82. The van der Waals surface area contributed by atoms with Crippen molar-refractivity contribution in [3.8, 4) is 12.3 Å². The largest absolute Gasteiger partial charge is 0.457 e. The number of nitrogens with zero attached hydrogens (tertiary/aromatic N) is 2. The topological polar surface area (TPSA) is 74.6 Å². The highest BCUT2D eigenvalue weighted by Gasteiger charge is 2.19. The number of pyridine rings is 1. The molecule has 162 valence electrons. The number of terminal acetylenes is 1. The van der Waals surface area contributed by atoms with Crippen LogP contribution in [0.25, 0.3) is 23.1 Å². The number of hydrogen-bond acceptors (Lipinski definition) is 4. The Hall–Kier alpha value is -3.08. The van der Waals surface area contributed by atoms with E-state index < -0.39 is 10.1 Å². The van der Waals surface area contributed by atoms with Crippen LogP contribution in [0.4, 0.5) is 5.69 Å². The minimum atomic E-state index is -4.39. The third-order valence-electron chi connectivity index (χ3n) is 5.11. The van der Waals surface area contributed by atoms with E-state index in [1.807, 2.05) is 18.2 Å². The molecule has 0 saturated carbocycles. The molecular formula is C24H27N2O4S+. The SMILES string of the molecule is C#CCCC[n+]1ccc(/C=C/c2cc3ccc(N(CC)CC)cc3o2)c(S(=O)(=O)O)c1. The van der Waals surface area contributed by atoms with E-state index in [2.05, 4.69) is 30.7 Å². The Labute approximate surface area is 183 Å². The number of aromatic nitrogens is 1.